The molecule has 1 fully saturated rings. The zero-order chi connectivity index (χ0) is 17.0. The van der Waals surface area contributed by atoms with E-state index in [1.165, 1.54) is 0 Å². The van der Waals surface area contributed by atoms with Gasteiger partial charge in [0, 0.05) is 24.8 Å². The second-order valence-corrected chi connectivity index (χ2v) is 8.10. The predicted molar refractivity (Wildman–Crippen MR) is 89.2 cm³/mol. The maximum atomic E-state index is 12.7. The third-order valence-electron chi connectivity index (χ3n) is 4.11. The fourth-order valence-corrected chi connectivity index (χ4v) is 4.34. The van der Waals surface area contributed by atoms with Gasteiger partial charge in [0.05, 0.1) is 11.5 Å². The van der Waals surface area contributed by atoms with E-state index in [0.29, 0.717) is 18.9 Å². The van der Waals surface area contributed by atoms with Gasteiger partial charge in [-0.15, -0.1) is 0 Å². The second-order valence-electron chi connectivity index (χ2n) is 5.87. The molecule has 1 aromatic heterocycles. The molecule has 1 saturated heterocycles. The summed E-state index contributed by atoms with van der Waals surface area (Å²) in [7, 11) is -3.03. The van der Waals surface area contributed by atoms with Gasteiger partial charge in [0.2, 0.25) is 5.95 Å². The van der Waals surface area contributed by atoms with Crippen molar-refractivity contribution < 1.29 is 13.2 Å². The lowest BCUT2D eigenvalue weighted by Crippen LogP contribution is -2.41. The van der Waals surface area contributed by atoms with Crippen LogP contribution >= 0.6 is 0 Å². The van der Waals surface area contributed by atoms with Crippen molar-refractivity contribution >= 4 is 21.7 Å². The molecule has 0 aliphatic carbocycles. The number of nitrogens with zero attached hydrogens (tertiary/aromatic N) is 3. The van der Waals surface area contributed by atoms with Crippen molar-refractivity contribution in [2.24, 2.45) is 0 Å². The third kappa shape index (κ3) is 4.40. The Morgan fingerprint density at radius 2 is 2.22 bits per heavy atom. The van der Waals surface area contributed by atoms with E-state index in [4.69, 9.17) is 0 Å². The van der Waals surface area contributed by atoms with Crippen LogP contribution in [0.5, 0.6) is 0 Å². The van der Waals surface area contributed by atoms with Crippen LogP contribution < -0.4 is 5.32 Å². The first-order chi connectivity index (χ1) is 10.9. The molecule has 1 amide bonds. The summed E-state index contributed by atoms with van der Waals surface area (Å²) < 4.78 is 23.3. The number of hydrogen-bond donors (Lipinski definition) is 1. The second kappa shape index (κ2) is 7.25. The highest BCUT2D eigenvalue weighted by Crippen LogP contribution is 2.19. The van der Waals surface area contributed by atoms with Crippen LogP contribution in [-0.4, -0.2) is 59.3 Å². The first-order valence-electron chi connectivity index (χ1n) is 7.97. The van der Waals surface area contributed by atoms with Crippen LogP contribution in [0.1, 0.15) is 44.1 Å². The lowest BCUT2D eigenvalue weighted by atomic mass is 10.2. The number of aromatic nitrogens is 2. The molecule has 23 heavy (non-hydrogen) atoms. The molecule has 0 aromatic carbocycles. The Hall–Kier alpha value is -1.70. The minimum Gasteiger partial charge on any atom is -0.352 e. The van der Waals surface area contributed by atoms with Crippen molar-refractivity contribution in [1.82, 2.24) is 14.9 Å². The summed E-state index contributed by atoms with van der Waals surface area (Å²) in [6, 6.07) is 1.51. The highest BCUT2D eigenvalue weighted by Gasteiger charge is 2.34. The molecule has 0 radical (unpaired) electrons. The van der Waals surface area contributed by atoms with Gasteiger partial charge in [-0.1, -0.05) is 6.92 Å². The first-order valence-corrected chi connectivity index (χ1v) is 9.79. The van der Waals surface area contributed by atoms with Crippen LogP contribution in [-0.2, 0) is 9.84 Å². The van der Waals surface area contributed by atoms with Gasteiger partial charge in [-0.3, -0.25) is 4.79 Å². The molecule has 2 heterocycles. The summed E-state index contributed by atoms with van der Waals surface area (Å²) in [5.74, 6) is 0.353. The highest BCUT2D eigenvalue weighted by atomic mass is 32.2. The van der Waals surface area contributed by atoms with E-state index >= 15 is 0 Å². The molecule has 8 heteroatoms. The van der Waals surface area contributed by atoms with Crippen molar-refractivity contribution in [3.63, 3.8) is 0 Å². The van der Waals surface area contributed by atoms with Gasteiger partial charge in [0.15, 0.2) is 9.84 Å². The van der Waals surface area contributed by atoms with Gasteiger partial charge in [0.25, 0.3) is 5.91 Å². The molecule has 1 aliphatic heterocycles. The minimum atomic E-state index is -3.03. The molecule has 1 aliphatic rings. The molecule has 0 spiro atoms. The van der Waals surface area contributed by atoms with Gasteiger partial charge < -0.3 is 10.2 Å². The molecule has 2 unspecified atom stereocenters. The van der Waals surface area contributed by atoms with Crippen LogP contribution in [0.25, 0.3) is 0 Å². The van der Waals surface area contributed by atoms with Crippen molar-refractivity contribution in [2.45, 2.75) is 45.7 Å². The van der Waals surface area contributed by atoms with Crippen molar-refractivity contribution in [2.75, 3.05) is 23.4 Å². The number of rotatable bonds is 6. The Morgan fingerprint density at radius 1 is 1.48 bits per heavy atom. The summed E-state index contributed by atoms with van der Waals surface area (Å²) in [4.78, 5) is 22.7. The maximum absolute atomic E-state index is 12.7. The number of amides is 1. The Kier molecular flexibility index (Phi) is 5.56. The largest absolute Gasteiger partial charge is 0.352 e. The summed E-state index contributed by atoms with van der Waals surface area (Å²) in [6.07, 6.45) is 2.96. The van der Waals surface area contributed by atoms with Crippen LogP contribution in [0.2, 0.25) is 0 Å². The van der Waals surface area contributed by atoms with Crippen molar-refractivity contribution in [3.8, 4) is 0 Å². The van der Waals surface area contributed by atoms with E-state index in [2.05, 4.69) is 15.3 Å². The summed E-state index contributed by atoms with van der Waals surface area (Å²) in [6.45, 7) is 6.37. The Bertz CT molecular complexity index is 662. The maximum Gasteiger partial charge on any atom is 0.272 e. The van der Waals surface area contributed by atoms with E-state index < -0.39 is 9.84 Å². The number of carbonyl (C=O) groups is 1. The van der Waals surface area contributed by atoms with Crippen LogP contribution in [0.4, 0.5) is 5.95 Å². The van der Waals surface area contributed by atoms with Crippen molar-refractivity contribution in [1.29, 1.82) is 0 Å². The molecule has 0 bridgehead atoms. The SMILES string of the molecule is CCC(C)Nc1nccc(C(=O)N(CC)C2CCS(=O)(=O)C2)n1. The third-order valence-corrected chi connectivity index (χ3v) is 5.86. The van der Waals surface area contributed by atoms with E-state index in [-0.39, 0.29) is 35.2 Å². The minimum absolute atomic E-state index is 0.0373. The van der Waals surface area contributed by atoms with Gasteiger partial charge in [-0.05, 0) is 32.8 Å². The van der Waals surface area contributed by atoms with Crippen LogP contribution in [0.15, 0.2) is 12.3 Å². The van der Waals surface area contributed by atoms with E-state index in [1.807, 2.05) is 20.8 Å². The Morgan fingerprint density at radius 3 is 2.78 bits per heavy atom. The molecule has 1 aromatic rings. The molecule has 128 valence electrons. The summed E-state index contributed by atoms with van der Waals surface area (Å²) in [5.41, 5.74) is 0.289. The fraction of sp³-hybridized carbons (Fsp3) is 0.667. The average molecular weight is 340 g/mol. The highest BCUT2D eigenvalue weighted by molar-refractivity contribution is 7.91. The monoisotopic (exact) mass is 340 g/mol. The molecule has 1 N–H and O–H groups in total. The van der Waals surface area contributed by atoms with Gasteiger partial charge in [0.1, 0.15) is 5.69 Å². The lowest BCUT2D eigenvalue weighted by molar-refractivity contribution is 0.0702. The molecule has 2 atom stereocenters. The Balaban J connectivity index is 2.16. The number of nitrogens with one attached hydrogen (secondary N) is 1. The van der Waals surface area contributed by atoms with Crippen LogP contribution in [0.3, 0.4) is 0 Å². The molecule has 2 rings (SSSR count). The number of anilines is 1. The fourth-order valence-electron chi connectivity index (χ4n) is 2.61. The smallest absolute Gasteiger partial charge is 0.272 e. The average Bonchev–Trinajstić information content (AvgIpc) is 2.88. The standard InChI is InChI=1S/C15H24N4O3S/c1-4-11(3)17-15-16-8-6-13(18-15)14(20)19(5-2)12-7-9-23(21,22)10-12/h6,8,11-12H,4-5,7,9-10H2,1-3H3,(H,16,17,18). The Labute approximate surface area is 137 Å². The van der Waals surface area contributed by atoms with Crippen LogP contribution in [0, 0.1) is 0 Å². The number of sulfone groups is 1. The van der Waals surface area contributed by atoms with E-state index in [0.717, 1.165) is 6.42 Å². The summed E-state index contributed by atoms with van der Waals surface area (Å²) >= 11 is 0. The first kappa shape index (κ1) is 17.7. The molecular formula is C15H24N4O3S. The topological polar surface area (TPSA) is 92.3 Å². The van der Waals surface area contributed by atoms with Crippen molar-refractivity contribution in [3.05, 3.63) is 18.0 Å². The van der Waals surface area contributed by atoms with Gasteiger partial charge in [-0.2, -0.15) is 0 Å². The molecule has 0 saturated carbocycles. The zero-order valence-electron chi connectivity index (χ0n) is 13.8. The zero-order valence-corrected chi connectivity index (χ0v) is 14.6. The molecular weight excluding hydrogens is 316 g/mol. The predicted octanol–water partition coefficient (Wildman–Crippen LogP) is 1.34. The molecule has 7 nitrogen and oxygen atoms in total. The quantitative estimate of drug-likeness (QED) is 0.840. The van der Waals surface area contributed by atoms with Gasteiger partial charge in [-0.25, -0.2) is 18.4 Å². The normalized spacial score (nSPS) is 20.9. The number of carbonyl (C=O) groups excluding carboxylic acids is 1. The number of hydrogen-bond acceptors (Lipinski definition) is 6. The van der Waals surface area contributed by atoms with E-state index in [9.17, 15) is 13.2 Å². The van der Waals surface area contributed by atoms with E-state index in [1.54, 1.807) is 17.2 Å². The summed E-state index contributed by atoms with van der Waals surface area (Å²) in [5, 5.41) is 3.14. The lowest BCUT2D eigenvalue weighted by Gasteiger charge is -2.26. The van der Waals surface area contributed by atoms with Gasteiger partial charge >= 0.3 is 0 Å².